The third-order valence-corrected chi connectivity index (χ3v) is 4.04. The van der Waals surface area contributed by atoms with Crippen molar-refractivity contribution in [1.29, 1.82) is 0 Å². The maximum Gasteiger partial charge on any atom is 0.124 e. The maximum atomic E-state index is 13.4. The SMILES string of the molecule is COc1ccc(F)cc1C(N)c1cc(Cl)ccc1I. The molecule has 0 radical (unpaired) electrons. The van der Waals surface area contributed by atoms with Gasteiger partial charge in [-0.15, -0.1) is 0 Å². The number of benzene rings is 2. The number of hydrogen-bond acceptors (Lipinski definition) is 2. The molecule has 0 spiro atoms. The fraction of sp³-hybridized carbons (Fsp3) is 0.143. The number of halogens is 3. The number of hydrogen-bond donors (Lipinski definition) is 1. The van der Waals surface area contributed by atoms with E-state index < -0.39 is 6.04 Å². The monoisotopic (exact) mass is 391 g/mol. The molecule has 1 unspecified atom stereocenters. The van der Waals surface area contributed by atoms with Crippen LogP contribution in [0, 0.1) is 9.39 Å². The first-order valence-electron chi connectivity index (χ1n) is 5.57. The van der Waals surface area contributed by atoms with Crippen molar-refractivity contribution in [3.8, 4) is 5.75 Å². The Bertz CT molecular complexity index is 606. The van der Waals surface area contributed by atoms with Crippen molar-refractivity contribution in [2.75, 3.05) is 7.11 Å². The van der Waals surface area contributed by atoms with Gasteiger partial charge in [-0.25, -0.2) is 4.39 Å². The molecule has 2 nitrogen and oxygen atoms in total. The van der Waals surface area contributed by atoms with Crippen molar-refractivity contribution in [1.82, 2.24) is 0 Å². The second kappa shape index (κ2) is 6.07. The molecule has 2 aromatic rings. The van der Waals surface area contributed by atoms with Gasteiger partial charge in [-0.05, 0) is 64.6 Å². The van der Waals surface area contributed by atoms with E-state index in [0.29, 0.717) is 16.3 Å². The molecule has 0 bridgehead atoms. The first kappa shape index (κ1) is 14.6. The number of methoxy groups -OCH3 is 1. The molecule has 0 heterocycles. The fourth-order valence-electron chi connectivity index (χ4n) is 1.87. The highest BCUT2D eigenvalue weighted by atomic mass is 127. The molecule has 2 aromatic carbocycles. The minimum Gasteiger partial charge on any atom is -0.496 e. The highest BCUT2D eigenvalue weighted by molar-refractivity contribution is 14.1. The van der Waals surface area contributed by atoms with Crippen LogP contribution in [0.15, 0.2) is 36.4 Å². The normalized spacial score (nSPS) is 12.3. The van der Waals surface area contributed by atoms with E-state index in [1.807, 2.05) is 6.07 Å². The Morgan fingerprint density at radius 3 is 2.63 bits per heavy atom. The summed E-state index contributed by atoms with van der Waals surface area (Å²) in [6.07, 6.45) is 0. The minimum atomic E-state index is -0.490. The Labute approximate surface area is 129 Å². The average Bonchev–Trinajstić information content (AvgIpc) is 2.40. The summed E-state index contributed by atoms with van der Waals surface area (Å²) in [5, 5.41) is 0.598. The van der Waals surface area contributed by atoms with Gasteiger partial charge in [0.2, 0.25) is 0 Å². The fourth-order valence-corrected chi connectivity index (χ4v) is 2.72. The Balaban J connectivity index is 2.51. The number of nitrogens with two attached hydrogens (primary N) is 1. The summed E-state index contributed by atoms with van der Waals surface area (Å²) in [5.74, 6) is 0.216. The minimum absolute atomic E-state index is 0.344. The van der Waals surface area contributed by atoms with Crippen LogP contribution < -0.4 is 10.5 Å². The van der Waals surface area contributed by atoms with Gasteiger partial charge in [0, 0.05) is 14.2 Å². The van der Waals surface area contributed by atoms with Crippen LogP contribution in [0.4, 0.5) is 4.39 Å². The molecule has 1 atom stereocenters. The standard InChI is InChI=1S/C14H12ClFINO/c1-19-13-5-3-9(16)7-11(13)14(18)10-6-8(15)2-4-12(10)17/h2-7,14H,18H2,1H3. The second-order valence-electron chi connectivity index (χ2n) is 4.03. The van der Waals surface area contributed by atoms with Crippen molar-refractivity contribution in [3.05, 3.63) is 61.9 Å². The molecule has 0 aliphatic heterocycles. The lowest BCUT2D eigenvalue weighted by Gasteiger charge is -2.17. The van der Waals surface area contributed by atoms with E-state index in [9.17, 15) is 4.39 Å². The smallest absolute Gasteiger partial charge is 0.124 e. The van der Waals surface area contributed by atoms with Crippen molar-refractivity contribution < 1.29 is 9.13 Å². The van der Waals surface area contributed by atoms with Gasteiger partial charge < -0.3 is 10.5 Å². The molecule has 0 saturated carbocycles. The van der Waals surface area contributed by atoms with Crippen LogP contribution in [0.3, 0.4) is 0 Å². The molecular weight excluding hydrogens is 380 g/mol. The largest absolute Gasteiger partial charge is 0.496 e. The lowest BCUT2D eigenvalue weighted by atomic mass is 9.98. The van der Waals surface area contributed by atoms with Gasteiger partial charge in [0.15, 0.2) is 0 Å². The average molecular weight is 392 g/mol. The van der Waals surface area contributed by atoms with Crippen LogP contribution in [0.25, 0.3) is 0 Å². The van der Waals surface area contributed by atoms with Gasteiger partial charge in [-0.2, -0.15) is 0 Å². The van der Waals surface area contributed by atoms with Gasteiger partial charge in [0.05, 0.1) is 13.2 Å². The van der Waals surface area contributed by atoms with Crippen LogP contribution in [-0.4, -0.2) is 7.11 Å². The summed E-state index contributed by atoms with van der Waals surface area (Å²) in [4.78, 5) is 0. The quantitative estimate of drug-likeness (QED) is 0.798. The van der Waals surface area contributed by atoms with Crippen LogP contribution in [0.5, 0.6) is 5.75 Å². The Morgan fingerprint density at radius 2 is 1.95 bits per heavy atom. The lowest BCUT2D eigenvalue weighted by Crippen LogP contribution is -2.14. The van der Waals surface area contributed by atoms with Gasteiger partial charge in [0.25, 0.3) is 0 Å². The molecule has 0 aromatic heterocycles. The number of rotatable bonds is 3. The molecule has 0 fully saturated rings. The first-order valence-corrected chi connectivity index (χ1v) is 7.02. The zero-order chi connectivity index (χ0) is 14.0. The van der Waals surface area contributed by atoms with Crippen molar-refractivity contribution in [2.24, 2.45) is 5.73 Å². The molecule has 5 heteroatoms. The van der Waals surface area contributed by atoms with Crippen molar-refractivity contribution in [3.63, 3.8) is 0 Å². The van der Waals surface area contributed by atoms with Crippen LogP contribution in [-0.2, 0) is 0 Å². The molecule has 0 aliphatic carbocycles. The zero-order valence-electron chi connectivity index (χ0n) is 10.2. The van der Waals surface area contributed by atoms with E-state index in [1.165, 1.54) is 19.2 Å². The maximum absolute atomic E-state index is 13.4. The van der Waals surface area contributed by atoms with E-state index in [2.05, 4.69) is 22.6 Å². The van der Waals surface area contributed by atoms with Gasteiger partial charge in [0.1, 0.15) is 11.6 Å². The summed E-state index contributed by atoms with van der Waals surface area (Å²) in [6.45, 7) is 0. The zero-order valence-corrected chi connectivity index (χ0v) is 13.1. The molecular formula is C14H12ClFINO. The van der Waals surface area contributed by atoms with Gasteiger partial charge in [-0.1, -0.05) is 11.6 Å². The molecule has 2 rings (SSSR count). The molecule has 19 heavy (non-hydrogen) atoms. The molecule has 100 valence electrons. The molecule has 2 N–H and O–H groups in total. The second-order valence-corrected chi connectivity index (χ2v) is 5.63. The van der Waals surface area contributed by atoms with E-state index in [1.54, 1.807) is 18.2 Å². The molecule has 0 amide bonds. The highest BCUT2D eigenvalue weighted by Gasteiger charge is 2.17. The Hall–Kier alpha value is -0.850. The van der Waals surface area contributed by atoms with Gasteiger partial charge in [-0.3, -0.25) is 0 Å². The summed E-state index contributed by atoms with van der Waals surface area (Å²) < 4.78 is 19.6. The predicted molar refractivity (Wildman–Crippen MR) is 83.2 cm³/mol. The Morgan fingerprint density at radius 1 is 1.21 bits per heavy atom. The number of ether oxygens (including phenoxy) is 1. The van der Waals surface area contributed by atoms with Crippen molar-refractivity contribution in [2.45, 2.75) is 6.04 Å². The van der Waals surface area contributed by atoms with E-state index in [4.69, 9.17) is 22.1 Å². The van der Waals surface area contributed by atoms with E-state index in [0.717, 1.165) is 9.13 Å². The van der Waals surface area contributed by atoms with Crippen LogP contribution in [0.2, 0.25) is 5.02 Å². The summed E-state index contributed by atoms with van der Waals surface area (Å²) >= 11 is 8.17. The first-order chi connectivity index (χ1) is 9.02. The van der Waals surface area contributed by atoms with E-state index >= 15 is 0 Å². The Kier molecular flexibility index (Phi) is 4.65. The van der Waals surface area contributed by atoms with Crippen molar-refractivity contribution >= 4 is 34.2 Å². The summed E-state index contributed by atoms with van der Waals surface area (Å²) in [6, 6.07) is 9.28. The topological polar surface area (TPSA) is 35.2 Å². The third kappa shape index (κ3) is 3.19. The predicted octanol–water partition coefficient (Wildman–Crippen LogP) is 4.14. The van der Waals surface area contributed by atoms with Gasteiger partial charge >= 0.3 is 0 Å². The molecule has 0 saturated heterocycles. The summed E-state index contributed by atoms with van der Waals surface area (Å²) in [5.41, 5.74) is 7.67. The van der Waals surface area contributed by atoms with Crippen LogP contribution >= 0.6 is 34.2 Å². The summed E-state index contributed by atoms with van der Waals surface area (Å²) in [7, 11) is 1.53. The molecule has 0 aliphatic rings. The van der Waals surface area contributed by atoms with E-state index in [-0.39, 0.29) is 5.82 Å². The lowest BCUT2D eigenvalue weighted by molar-refractivity contribution is 0.406. The highest BCUT2D eigenvalue weighted by Crippen LogP contribution is 2.32. The third-order valence-electron chi connectivity index (χ3n) is 2.82. The van der Waals surface area contributed by atoms with Crippen LogP contribution in [0.1, 0.15) is 17.2 Å².